The third kappa shape index (κ3) is 5.14. The molecule has 0 bridgehead atoms. The second kappa shape index (κ2) is 9.62. The maximum Gasteiger partial charge on any atom is 0.268 e. The van der Waals surface area contributed by atoms with Crippen molar-refractivity contribution < 1.29 is 9.53 Å². The number of fused-ring (bicyclic) bond motifs is 1. The summed E-state index contributed by atoms with van der Waals surface area (Å²) in [5, 5.41) is 3.78. The Bertz CT molecular complexity index is 1130. The lowest BCUT2D eigenvalue weighted by Crippen LogP contribution is -2.26. The molecule has 8 heteroatoms. The highest BCUT2D eigenvalue weighted by Crippen LogP contribution is 2.34. The Labute approximate surface area is 189 Å². The molecule has 1 N–H and O–H groups in total. The Kier molecular flexibility index (Phi) is 6.67. The highest BCUT2D eigenvalue weighted by molar-refractivity contribution is 8.00. The SMILES string of the molecule is COc1ccc(NC(=O)CSc2nc3c(c(=O)n2Cc2ccccc2)S[C@H](C)C3)cc1. The van der Waals surface area contributed by atoms with Crippen LogP contribution >= 0.6 is 23.5 Å². The smallest absolute Gasteiger partial charge is 0.268 e. The van der Waals surface area contributed by atoms with Crippen molar-refractivity contribution in [3.63, 3.8) is 0 Å². The van der Waals surface area contributed by atoms with Crippen LogP contribution in [0.2, 0.25) is 0 Å². The minimum atomic E-state index is -0.154. The summed E-state index contributed by atoms with van der Waals surface area (Å²) in [6.07, 6.45) is 0.771. The Morgan fingerprint density at radius 2 is 1.97 bits per heavy atom. The van der Waals surface area contributed by atoms with Crippen LogP contribution in [-0.2, 0) is 17.8 Å². The highest BCUT2D eigenvalue weighted by Gasteiger charge is 2.26. The fraction of sp³-hybridized carbons (Fsp3) is 0.261. The molecule has 0 spiro atoms. The van der Waals surface area contributed by atoms with Crippen molar-refractivity contribution in [2.45, 2.75) is 35.2 Å². The molecule has 6 nitrogen and oxygen atoms in total. The lowest BCUT2D eigenvalue weighted by molar-refractivity contribution is -0.113. The summed E-state index contributed by atoms with van der Waals surface area (Å²) in [5.41, 5.74) is 2.53. The van der Waals surface area contributed by atoms with E-state index in [2.05, 4.69) is 12.2 Å². The minimum absolute atomic E-state index is 0.0266. The molecule has 2 heterocycles. The molecule has 1 aliphatic rings. The van der Waals surface area contributed by atoms with Crippen molar-refractivity contribution in [3.05, 3.63) is 76.2 Å². The van der Waals surface area contributed by atoms with Gasteiger partial charge >= 0.3 is 0 Å². The number of nitrogens with zero attached hydrogens (tertiary/aromatic N) is 2. The monoisotopic (exact) mass is 453 g/mol. The van der Waals surface area contributed by atoms with Gasteiger partial charge in [0.25, 0.3) is 5.56 Å². The first-order valence-corrected chi connectivity index (χ1v) is 11.8. The van der Waals surface area contributed by atoms with E-state index in [4.69, 9.17) is 9.72 Å². The van der Waals surface area contributed by atoms with Gasteiger partial charge in [-0.05, 0) is 29.8 Å². The van der Waals surface area contributed by atoms with Crippen LogP contribution in [0.3, 0.4) is 0 Å². The average Bonchev–Trinajstić information content (AvgIpc) is 3.16. The fourth-order valence-corrected chi connectivity index (χ4v) is 5.28. The van der Waals surface area contributed by atoms with Gasteiger partial charge in [-0.1, -0.05) is 49.0 Å². The Hall–Kier alpha value is -2.71. The quantitative estimate of drug-likeness (QED) is 0.430. The summed E-state index contributed by atoms with van der Waals surface area (Å²) in [7, 11) is 1.60. The first-order valence-electron chi connectivity index (χ1n) is 9.94. The third-order valence-electron chi connectivity index (χ3n) is 4.85. The molecule has 2 aromatic carbocycles. The molecule has 0 aliphatic carbocycles. The van der Waals surface area contributed by atoms with Crippen LogP contribution in [0, 0.1) is 0 Å². The Balaban J connectivity index is 1.53. The molecule has 1 aliphatic heterocycles. The zero-order chi connectivity index (χ0) is 21.8. The molecule has 0 saturated heterocycles. The molecule has 1 atom stereocenters. The number of rotatable bonds is 7. The molecule has 0 fully saturated rings. The van der Waals surface area contributed by atoms with Crippen molar-refractivity contribution in [2.75, 3.05) is 18.2 Å². The van der Waals surface area contributed by atoms with Gasteiger partial charge in [0.15, 0.2) is 5.16 Å². The number of anilines is 1. The van der Waals surface area contributed by atoms with Crippen LogP contribution in [0.4, 0.5) is 5.69 Å². The van der Waals surface area contributed by atoms with Crippen molar-refractivity contribution in [2.24, 2.45) is 0 Å². The number of ether oxygens (including phenoxy) is 1. The number of thioether (sulfide) groups is 2. The van der Waals surface area contributed by atoms with E-state index in [1.807, 2.05) is 30.3 Å². The number of aromatic nitrogens is 2. The summed E-state index contributed by atoms with van der Waals surface area (Å²) in [6, 6.07) is 17.0. The van der Waals surface area contributed by atoms with Gasteiger partial charge in [-0.3, -0.25) is 14.2 Å². The minimum Gasteiger partial charge on any atom is -0.497 e. The van der Waals surface area contributed by atoms with E-state index in [0.29, 0.717) is 22.6 Å². The van der Waals surface area contributed by atoms with Crippen molar-refractivity contribution >= 4 is 35.1 Å². The van der Waals surface area contributed by atoms with E-state index in [9.17, 15) is 9.59 Å². The van der Waals surface area contributed by atoms with Gasteiger partial charge in [-0.25, -0.2) is 4.98 Å². The van der Waals surface area contributed by atoms with Crippen LogP contribution in [-0.4, -0.2) is 33.6 Å². The van der Waals surface area contributed by atoms with E-state index >= 15 is 0 Å². The number of hydrogen-bond donors (Lipinski definition) is 1. The normalized spacial score (nSPS) is 14.8. The molecule has 0 saturated carbocycles. The van der Waals surface area contributed by atoms with Crippen LogP contribution in [0.25, 0.3) is 0 Å². The summed E-state index contributed by atoms with van der Waals surface area (Å²) in [5.74, 6) is 0.736. The summed E-state index contributed by atoms with van der Waals surface area (Å²) >= 11 is 2.87. The molecule has 160 valence electrons. The van der Waals surface area contributed by atoms with E-state index in [1.165, 1.54) is 11.8 Å². The van der Waals surface area contributed by atoms with Gasteiger partial charge in [0.2, 0.25) is 5.91 Å². The second-order valence-electron chi connectivity index (χ2n) is 7.25. The van der Waals surface area contributed by atoms with Gasteiger partial charge in [-0.2, -0.15) is 0 Å². The van der Waals surface area contributed by atoms with Gasteiger partial charge in [0.05, 0.1) is 30.0 Å². The van der Waals surface area contributed by atoms with Crippen molar-refractivity contribution in [3.8, 4) is 5.75 Å². The first kappa shape index (κ1) is 21.5. The standard InChI is InChI=1S/C23H23N3O3S2/c1-15-12-19-21(31-15)22(28)26(13-16-6-4-3-5-7-16)23(25-19)30-14-20(27)24-17-8-10-18(29-2)11-9-17/h3-11,15H,12-14H2,1-2H3,(H,24,27)/t15-/m1/s1. The highest BCUT2D eigenvalue weighted by atomic mass is 32.2. The fourth-order valence-electron chi connectivity index (χ4n) is 3.35. The molecular formula is C23H23N3O3S2. The number of hydrogen-bond acceptors (Lipinski definition) is 6. The second-order valence-corrected chi connectivity index (χ2v) is 9.64. The predicted molar refractivity (Wildman–Crippen MR) is 125 cm³/mol. The number of carbonyl (C=O) groups excluding carboxylic acids is 1. The van der Waals surface area contributed by atoms with Crippen molar-refractivity contribution in [1.82, 2.24) is 9.55 Å². The lowest BCUT2D eigenvalue weighted by Gasteiger charge is -2.14. The van der Waals surface area contributed by atoms with E-state index < -0.39 is 0 Å². The number of carbonyl (C=O) groups is 1. The summed E-state index contributed by atoms with van der Waals surface area (Å²) < 4.78 is 6.82. The maximum atomic E-state index is 13.2. The van der Waals surface area contributed by atoms with Gasteiger partial charge in [0.1, 0.15) is 5.75 Å². The molecular weight excluding hydrogens is 430 g/mol. The van der Waals surface area contributed by atoms with Gasteiger partial charge < -0.3 is 10.1 Å². The average molecular weight is 454 g/mol. The molecule has 3 aromatic rings. The Morgan fingerprint density at radius 3 is 2.68 bits per heavy atom. The Morgan fingerprint density at radius 1 is 1.23 bits per heavy atom. The first-order chi connectivity index (χ1) is 15.0. The largest absolute Gasteiger partial charge is 0.497 e. The number of amides is 1. The van der Waals surface area contributed by atoms with Gasteiger partial charge in [0, 0.05) is 17.4 Å². The molecule has 1 amide bonds. The van der Waals surface area contributed by atoms with Crippen LogP contribution < -0.4 is 15.6 Å². The van der Waals surface area contributed by atoms with Crippen LogP contribution in [0.5, 0.6) is 5.75 Å². The van der Waals surface area contributed by atoms with Crippen LogP contribution in [0.15, 0.2) is 69.4 Å². The zero-order valence-corrected chi connectivity index (χ0v) is 19.0. The molecule has 0 unspecified atom stereocenters. The number of nitrogens with one attached hydrogen (secondary N) is 1. The number of benzene rings is 2. The molecule has 31 heavy (non-hydrogen) atoms. The van der Waals surface area contributed by atoms with E-state index in [0.717, 1.165) is 28.3 Å². The maximum absolute atomic E-state index is 13.2. The topological polar surface area (TPSA) is 73.2 Å². The van der Waals surface area contributed by atoms with Crippen molar-refractivity contribution in [1.29, 1.82) is 0 Å². The summed E-state index contributed by atoms with van der Waals surface area (Å²) in [4.78, 5) is 31.2. The molecule has 0 radical (unpaired) electrons. The van der Waals surface area contributed by atoms with Gasteiger partial charge in [-0.15, -0.1) is 11.8 Å². The lowest BCUT2D eigenvalue weighted by atomic mass is 10.2. The predicted octanol–water partition coefficient (Wildman–Crippen LogP) is 4.07. The van der Waals surface area contributed by atoms with Crippen LogP contribution in [0.1, 0.15) is 18.2 Å². The zero-order valence-electron chi connectivity index (χ0n) is 17.3. The molecule has 4 rings (SSSR count). The number of methoxy groups -OCH3 is 1. The molecule has 1 aromatic heterocycles. The third-order valence-corrected chi connectivity index (χ3v) is 7.04. The summed E-state index contributed by atoms with van der Waals surface area (Å²) in [6.45, 7) is 2.53. The van der Waals surface area contributed by atoms with E-state index in [1.54, 1.807) is 47.7 Å². The van der Waals surface area contributed by atoms with E-state index in [-0.39, 0.29) is 17.2 Å².